The van der Waals surface area contributed by atoms with Crippen molar-refractivity contribution < 1.29 is 9.26 Å². The van der Waals surface area contributed by atoms with Crippen LogP contribution in [0.1, 0.15) is 24.0 Å². The molecule has 36 heavy (non-hydrogen) atoms. The van der Waals surface area contributed by atoms with Crippen LogP contribution in [0.15, 0.2) is 68.8 Å². The lowest BCUT2D eigenvalue weighted by molar-refractivity contribution is 0.121. The summed E-state index contributed by atoms with van der Waals surface area (Å²) in [5, 5.41) is 4.94. The largest absolute Gasteiger partial charge is 0.497 e. The molecular weight excluding hydrogens is 458 g/mol. The van der Waals surface area contributed by atoms with Crippen molar-refractivity contribution in [3.05, 3.63) is 86.7 Å². The maximum Gasteiger partial charge on any atom is 0.337 e. The van der Waals surface area contributed by atoms with Crippen LogP contribution in [0.5, 0.6) is 5.75 Å². The van der Waals surface area contributed by atoms with Gasteiger partial charge in [-0.1, -0.05) is 23.4 Å². The minimum atomic E-state index is -0.463. The molecule has 0 N–H and O–H groups in total. The maximum absolute atomic E-state index is 13.4. The van der Waals surface area contributed by atoms with E-state index in [1.165, 1.54) is 34.2 Å². The standard InChI is InChI=1S/C27H29N5O4/c1-35-22-7-2-19(3-8-22)18-32-25(33)10-11-31(27(32)34)26-23-16-20(4-9-24(23)36-28-26)17-29-12-14-30(15-13-29)21-5-6-21/h2-4,7-11,16,21H,5-6,12-15,17-18H2,1H3. The highest BCUT2D eigenvalue weighted by atomic mass is 16.5. The predicted octanol–water partition coefficient (Wildman–Crippen LogP) is 2.48. The van der Waals surface area contributed by atoms with E-state index in [1.807, 2.05) is 24.3 Å². The topological polar surface area (TPSA) is 85.7 Å². The second kappa shape index (κ2) is 9.40. The Morgan fingerprint density at radius 3 is 2.42 bits per heavy atom. The maximum atomic E-state index is 13.4. The van der Waals surface area contributed by atoms with Gasteiger partial charge >= 0.3 is 5.69 Å². The van der Waals surface area contributed by atoms with Crippen molar-refractivity contribution in [1.82, 2.24) is 24.1 Å². The van der Waals surface area contributed by atoms with Crippen LogP contribution in [-0.2, 0) is 13.1 Å². The summed E-state index contributed by atoms with van der Waals surface area (Å²) >= 11 is 0. The van der Waals surface area contributed by atoms with Gasteiger partial charge in [0.2, 0.25) is 0 Å². The Balaban J connectivity index is 1.27. The van der Waals surface area contributed by atoms with Gasteiger partial charge in [0.05, 0.1) is 19.0 Å². The molecule has 0 unspecified atom stereocenters. The third kappa shape index (κ3) is 4.47. The van der Waals surface area contributed by atoms with Crippen LogP contribution < -0.4 is 16.0 Å². The Morgan fingerprint density at radius 2 is 1.69 bits per heavy atom. The van der Waals surface area contributed by atoms with Crippen molar-refractivity contribution in [2.45, 2.75) is 32.0 Å². The summed E-state index contributed by atoms with van der Waals surface area (Å²) in [6, 6.07) is 15.5. The van der Waals surface area contributed by atoms with Gasteiger partial charge in [0.15, 0.2) is 11.4 Å². The van der Waals surface area contributed by atoms with Gasteiger partial charge in [0, 0.05) is 51.0 Å². The van der Waals surface area contributed by atoms with Crippen molar-refractivity contribution >= 4 is 11.0 Å². The molecular formula is C27H29N5O4. The number of piperazine rings is 1. The number of methoxy groups -OCH3 is 1. The molecule has 4 aromatic rings. The van der Waals surface area contributed by atoms with E-state index in [2.05, 4.69) is 21.0 Å². The number of fused-ring (bicyclic) bond motifs is 1. The minimum absolute atomic E-state index is 0.149. The first kappa shape index (κ1) is 22.8. The smallest absolute Gasteiger partial charge is 0.337 e. The number of hydrogen-bond donors (Lipinski definition) is 0. The monoisotopic (exact) mass is 487 g/mol. The van der Waals surface area contributed by atoms with Gasteiger partial charge < -0.3 is 9.26 Å². The van der Waals surface area contributed by atoms with Gasteiger partial charge in [-0.25, -0.2) is 9.36 Å². The van der Waals surface area contributed by atoms with Crippen LogP contribution in [0.3, 0.4) is 0 Å². The highest BCUT2D eigenvalue weighted by Gasteiger charge is 2.31. The molecule has 1 saturated carbocycles. The van der Waals surface area contributed by atoms with Crippen LogP contribution in [-0.4, -0.2) is 63.4 Å². The quantitative estimate of drug-likeness (QED) is 0.396. The van der Waals surface area contributed by atoms with Crippen LogP contribution in [0, 0.1) is 0 Å². The zero-order chi connectivity index (χ0) is 24.6. The molecule has 1 saturated heterocycles. The van der Waals surface area contributed by atoms with Crippen LogP contribution >= 0.6 is 0 Å². The van der Waals surface area contributed by atoms with Gasteiger partial charge in [-0.15, -0.1) is 0 Å². The first-order valence-electron chi connectivity index (χ1n) is 12.4. The molecule has 186 valence electrons. The number of aromatic nitrogens is 3. The van der Waals surface area contributed by atoms with Crippen molar-refractivity contribution in [2.24, 2.45) is 0 Å². The van der Waals surface area contributed by atoms with Crippen molar-refractivity contribution in [3.8, 4) is 11.6 Å². The number of nitrogens with zero attached hydrogens (tertiary/aromatic N) is 5. The molecule has 1 aliphatic carbocycles. The molecule has 0 bridgehead atoms. The summed E-state index contributed by atoms with van der Waals surface area (Å²) in [4.78, 5) is 31.0. The molecule has 0 spiro atoms. The Bertz CT molecular complexity index is 1490. The van der Waals surface area contributed by atoms with E-state index in [0.29, 0.717) is 17.2 Å². The molecule has 1 aliphatic heterocycles. The highest BCUT2D eigenvalue weighted by Crippen LogP contribution is 2.28. The van der Waals surface area contributed by atoms with E-state index in [4.69, 9.17) is 9.26 Å². The van der Waals surface area contributed by atoms with Crippen LogP contribution in [0.4, 0.5) is 0 Å². The zero-order valence-corrected chi connectivity index (χ0v) is 20.3. The summed E-state index contributed by atoms with van der Waals surface area (Å²) in [6.07, 6.45) is 4.16. The van der Waals surface area contributed by atoms with Crippen molar-refractivity contribution in [2.75, 3.05) is 33.3 Å². The van der Waals surface area contributed by atoms with Crippen molar-refractivity contribution in [3.63, 3.8) is 0 Å². The van der Waals surface area contributed by atoms with E-state index in [9.17, 15) is 9.59 Å². The van der Waals surface area contributed by atoms with Crippen LogP contribution in [0.25, 0.3) is 16.8 Å². The Morgan fingerprint density at radius 1 is 0.944 bits per heavy atom. The first-order chi connectivity index (χ1) is 17.6. The SMILES string of the molecule is COc1ccc(Cn2c(=O)ccn(-c3noc4ccc(CN5CCN(C6CC6)CC5)cc34)c2=O)cc1. The summed E-state index contributed by atoms with van der Waals surface area (Å²) in [7, 11) is 1.60. The summed E-state index contributed by atoms with van der Waals surface area (Å²) in [5.41, 5.74) is 1.74. The van der Waals surface area contributed by atoms with Crippen LogP contribution in [0.2, 0.25) is 0 Å². The highest BCUT2D eigenvalue weighted by molar-refractivity contribution is 5.84. The molecule has 0 radical (unpaired) electrons. The number of hydrogen-bond acceptors (Lipinski definition) is 7. The second-order valence-corrected chi connectivity index (χ2v) is 9.62. The van der Waals surface area contributed by atoms with Gasteiger partial charge in [0.25, 0.3) is 5.56 Å². The average molecular weight is 488 g/mol. The number of rotatable bonds is 7. The van der Waals surface area contributed by atoms with Gasteiger partial charge in [-0.3, -0.25) is 19.2 Å². The lowest BCUT2D eigenvalue weighted by Gasteiger charge is -2.34. The molecule has 2 aliphatic rings. The first-order valence-corrected chi connectivity index (χ1v) is 12.4. The molecule has 9 heteroatoms. The second-order valence-electron chi connectivity index (χ2n) is 9.62. The molecule has 2 aromatic heterocycles. The zero-order valence-electron chi connectivity index (χ0n) is 20.3. The number of ether oxygens (including phenoxy) is 1. The van der Waals surface area contributed by atoms with E-state index >= 15 is 0 Å². The molecule has 0 amide bonds. The third-order valence-electron chi connectivity index (χ3n) is 7.19. The average Bonchev–Trinajstić information content (AvgIpc) is 3.67. The van der Waals surface area contributed by atoms with Gasteiger partial charge in [-0.2, -0.15) is 0 Å². The summed E-state index contributed by atoms with van der Waals surface area (Å²) in [5.74, 6) is 1.10. The Kier molecular flexibility index (Phi) is 5.94. The van der Waals surface area contributed by atoms with Crippen molar-refractivity contribution in [1.29, 1.82) is 0 Å². The van der Waals surface area contributed by atoms with E-state index in [-0.39, 0.29) is 12.1 Å². The molecule has 2 fully saturated rings. The molecule has 3 heterocycles. The lowest BCUT2D eigenvalue weighted by Crippen LogP contribution is -2.46. The Hall–Kier alpha value is -3.69. The third-order valence-corrected chi connectivity index (χ3v) is 7.19. The van der Waals surface area contributed by atoms with E-state index in [0.717, 1.165) is 55.3 Å². The van der Waals surface area contributed by atoms with E-state index in [1.54, 1.807) is 19.2 Å². The van der Waals surface area contributed by atoms with E-state index < -0.39 is 5.69 Å². The molecule has 0 atom stereocenters. The number of benzene rings is 2. The molecule has 2 aromatic carbocycles. The fraction of sp³-hybridized carbons (Fsp3) is 0.370. The fourth-order valence-corrected chi connectivity index (χ4v) is 4.97. The summed E-state index contributed by atoms with van der Waals surface area (Å²) < 4.78 is 13.3. The van der Waals surface area contributed by atoms with Gasteiger partial charge in [-0.05, 0) is 48.2 Å². The Labute approximate surface area is 208 Å². The summed E-state index contributed by atoms with van der Waals surface area (Å²) in [6.45, 7) is 5.34. The lowest BCUT2D eigenvalue weighted by atomic mass is 10.1. The molecule has 6 rings (SSSR count). The molecule has 9 nitrogen and oxygen atoms in total. The predicted molar refractivity (Wildman–Crippen MR) is 136 cm³/mol. The normalized spacial score (nSPS) is 17.0. The fourth-order valence-electron chi connectivity index (χ4n) is 4.97. The van der Waals surface area contributed by atoms with Gasteiger partial charge in [0.1, 0.15) is 5.75 Å². The minimum Gasteiger partial charge on any atom is -0.497 e.